The van der Waals surface area contributed by atoms with E-state index in [9.17, 15) is 4.39 Å². The number of aromatic nitrogens is 2. The molecule has 1 N–H and O–H groups in total. The Morgan fingerprint density at radius 3 is 2.67 bits per heavy atom. The highest BCUT2D eigenvalue weighted by Crippen LogP contribution is 2.32. The van der Waals surface area contributed by atoms with Crippen molar-refractivity contribution in [1.82, 2.24) is 9.97 Å². The van der Waals surface area contributed by atoms with E-state index in [1.54, 1.807) is 23.5 Å². The van der Waals surface area contributed by atoms with E-state index in [0.29, 0.717) is 0 Å². The number of halogens is 1. The van der Waals surface area contributed by atoms with Crippen molar-refractivity contribution in [3.63, 3.8) is 0 Å². The van der Waals surface area contributed by atoms with Gasteiger partial charge >= 0.3 is 0 Å². The molecule has 0 amide bonds. The van der Waals surface area contributed by atoms with Crippen LogP contribution in [0.1, 0.15) is 0 Å². The lowest BCUT2D eigenvalue weighted by atomic mass is 10.1. The second-order valence-electron chi connectivity index (χ2n) is 5.00. The van der Waals surface area contributed by atoms with Gasteiger partial charge in [0.05, 0.1) is 17.9 Å². The van der Waals surface area contributed by atoms with Crippen LogP contribution in [0.4, 0.5) is 9.52 Å². The predicted octanol–water partition coefficient (Wildman–Crippen LogP) is 3.27. The molecule has 6 heteroatoms. The summed E-state index contributed by atoms with van der Waals surface area (Å²) in [4.78, 5) is 10.2. The van der Waals surface area contributed by atoms with Crippen molar-refractivity contribution in [2.24, 2.45) is 0 Å². The highest BCUT2D eigenvalue weighted by atomic mass is 32.1. The SMILES string of the molecule is Fc1ccc(-c2cc3sc(N4CCOCC4)nc3[nH]2)cc1. The number of hydrogen-bond acceptors (Lipinski definition) is 4. The van der Waals surface area contributed by atoms with Crippen molar-refractivity contribution in [3.8, 4) is 11.3 Å². The Hall–Kier alpha value is -1.92. The molecule has 21 heavy (non-hydrogen) atoms. The molecule has 108 valence electrons. The lowest BCUT2D eigenvalue weighted by molar-refractivity contribution is 0.122. The Morgan fingerprint density at radius 1 is 1.19 bits per heavy atom. The largest absolute Gasteiger partial charge is 0.378 e. The Morgan fingerprint density at radius 2 is 1.95 bits per heavy atom. The minimum atomic E-state index is -0.222. The molecule has 0 aliphatic carbocycles. The number of H-pyrrole nitrogens is 1. The fraction of sp³-hybridized carbons (Fsp3) is 0.267. The van der Waals surface area contributed by atoms with Crippen molar-refractivity contribution < 1.29 is 9.13 Å². The molecule has 3 aromatic rings. The van der Waals surface area contributed by atoms with Gasteiger partial charge in [-0.2, -0.15) is 0 Å². The number of fused-ring (bicyclic) bond motifs is 1. The lowest BCUT2D eigenvalue weighted by Gasteiger charge is -2.25. The number of benzene rings is 1. The number of rotatable bonds is 2. The predicted molar refractivity (Wildman–Crippen MR) is 82.4 cm³/mol. The van der Waals surface area contributed by atoms with Gasteiger partial charge in [0.2, 0.25) is 0 Å². The summed E-state index contributed by atoms with van der Waals surface area (Å²) in [5.74, 6) is -0.222. The summed E-state index contributed by atoms with van der Waals surface area (Å²) in [6, 6.07) is 8.55. The van der Waals surface area contributed by atoms with Gasteiger partial charge in [-0.15, -0.1) is 0 Å². The molecule has 2 aromatic heterocycles. The van der Waals surface area contributed by atoms with Crippen LogP contribution in [0, 0.1) is 5.82 Å². The first kappa shape index (κ1) is 12.8. The summed E-state index contributed by atoms with van der Waals surface area (Å²) in [6.45, 7) is 3.30. The topological polar surface area (TPSA) is 41.1 Å². The van der Waals surface area contributed by atoms with Gasteiger partial charge in [-0.1, -0.05) is 11.3 Å². The second kappa shape index (κ2) is 5.13. The number of hydrogen-bond donors (Lipinski definition) is 1. The molecule has 0 unspecified atom stereocenters. The molecule has 4 nitrogen and oxygen atoms in total. The van der Waals surface area contributed by atoms with E-state index < -0.39 is 0 Å². The summed E-state index contributed by atoms with van der Waals surface area (Å²) in [7, 11) is 0. The van der Waals surface area contributed by atoms with Crippen molar-refractivity contribution >= 4 is 26.8 Å². The summed E-state index contributed by atoms with van der Waals surface area (Å²) in [5.41, 5.74) is 2.83. The van der Waals surface area contributed by atoms with Gasteiger partial charge in [0.15, 0.2) is 10.8 Å². The average molecular weight is 303 g/mol. The summed E-state index contributed by atoms with van der Waals surface area (Å²) < 4.78 is 19.5. The van der Waals surface area contributed by atoms with Crippen LogP contribution in [-0.4, -0.2) is 36.3 Å². The molecule has 1 saturated heterocycles. The number of nitrogens with zero attached hydrogens (tertiary/aromatic N) is 2. The third-order valence-electron chi connectivity index (χ3n) is 3.61. The van der Waals surface area contributed by atoms with Gasteiger partial charge in [0, 0.05) is 18.8 Å². The Balaban J connectivity index is 1.65. The number of thiazole rings is 1. The van der Waals surface area contributed by atoms with Gasteiger partial charge < -0.3 is 14.6 Å². The Kier molecular flexibility index (Phi) is 3.12. The van der Waals surface area contributed by atoms with Crippen LogP contribution in [0.5, 0.6) is 0 Å². The third kappa shape index (κ3) is 2.41. The van der Waals surface area contributed by atoms with Crippen LogP contribution in [0.3, 0.4) is 0 Å². The molecular weight excluding hydrogens is 289 g/mol. The number of ether oxygens (including phenoxy) is 1. The Bertz CT molecular complexity index is 727. The van der Waals surface area contributed by atoms with E-state index in [2.05, 4.69) is 20.9 Å². The van der Waals surface area contributed by atoms with E-state index >= 15 is 0 Å². The smallest absolute Gasteiger partial charge is 0.188 e. The van der Waals surface area contributed by atoms with Crippen LogP contribution in [0.2, 0.25) is 0 Å². The molecule has 1 aliphatic rings. The average Bonchev–Trinajstić information content (AvgIpc) is 3.07. The van der Waals surface area contributed by atoms with Crippen molar-refractivity contribution in [2.45, 2.75) is 0 Å². The quantitative estimate of drug-likeness (QED) is 0.790. The molecule has 0 radical (unpaired) electrons. The fourth-order valence-electron chi connectivity index (χ4n) is 2.48. The monoisotopic (exact) mass is 303 g/mol. The van der Waals surface area contributed by atoms with Crippen molar-refractivity contribution in [3.05, 3.63) is 36.1 Å². The van der Waals surface area contributed by atoms with E-state index in [-0.39, 0.29) is 5.82 Å². The van der Waals surface area contributed by atoms with Crippen molar-refractivity contribution in [2.75, 3.05) is 31.2 Å². The molecule has 0 atom stereocenters. The van der Waals surface area contributed by atoms with Crippen LogP contribution in [0.15, 0.2) is 30.3 Å². The maximum absolute atomic E-state index is 13.0. The number of anilines is 1. The van der Waals surface area contributed by atoms with E-state index in [4.69, 9.17) is 4.74 Å². The molecule has 1 aliphatic heterocycles. The van der Waals surface area contributed by atoms with Crippen LogP contribution >= 0.6 is 11.3 Å². The zero-order valence-electron chi connectivity index (χ0n) is 11.3. The van der Waals surface area contributed by atoms with E-state index in [1.165, 1.54) is 12.1 Å². The van der Waals surface area contributed by atoms with Gasteiger partial charge in [0.1, 0.15) is 5.82 Å². The molecule has 0 saturated carbocycles. The molecule has 0 spiro atoms. The minimum Gasteiger partial charge on any atom is -0.378 e. The maximum atomic E-state index is 13.0. The normalized spacial score (nSPS) is 15.8. The number of morpholine rings is 1. The number of aromatic amines is 1. The second-order valence-corrected chi connectivity index (χ2v) is 6.01. The van der Waals surface area contributed by atoms with Crippen LogP contribution < -0.4 is 4.90 Å². The summed E-state index contributed by atoms with van der Waals surface area (Å²) in [6.07, 6.45) is 0. The minimum absolute atomic E-state index is 0.222. The van der Waals surface area contributed by atoms with Crippen LogP contribution in [0.25, 0.3) is 21.6 Å². The maximum Gasteiger partial charge on any atom is 0.188 e. The van der Waals surface area contributed by atoms with E-state index in [1.807, 2.05) is 0 Å². The summed E-state index contributed by atoms with van der Waals surface area (Å²) in [5, 5.41) is 1.03. The summed E-state index contributed by atoms with van der Waals surface area (Å²) >= 11 is 1.68. The van der Waals surface area contributed by atoms with E-state index in [0.717, 1.165) is 53.0 Å². The zero-order chi connectivity index (χ0) is 14.2. The molecule has 1 fully saturated rings. The molecular formula is C15H14FN3OS. The third-order valence-corrected chi connectivity index (χ3v) is 4.67. The Labute approximate surface area is 125 Å². The molecule has 4 rings (SSSR count). The van der Waals surface area contributed by atoms with Gasteiger partial charge in [-0.25, -0.2) is 9.37 Å². The highest BCUT2D eigenvalue weighted by Gasteiger charge is 2.16. The molecule has 0 bridgehead atoms. The standard InChI is InChI=1S/C15H14FN3OS/c16-11-3-1-10(2-4-11)12-9-13-14(17-12)18-15(21-13)19-5-7-20-8-6-19/h1-4,9,17H,5-8H2. The first-order valence-electron chi connectivity index (χ1n) is 6.88. The first-order valence-corrected chi connectivity index (χ1v) is 7.69. The first-order chi connectivity index (χ1) is 10.3. The van der Waals surface area contributed by atoms with Gasteiger partial charge in [-0.05, 0) is 35.9 Å². The lowest BCUT2D eigenvalue weighted by Crippen LogP contribution is -2.36. The molecule has 1 aromatic carbocycles. The van der Waals surface area contributed by atoms with Gasteiger partial charge in [0.25, 0.3) is 0 Å². The highest BCUT2D eigenvalue weighted by molar-refractivity contribution is 7.22. The number of nitrogens with one attached hydrogen (secondary N) is 1. The zero-order valence-corrected chi connectivity index (χ0v) is 12.1. The van der Waals surface area contributed by atoms with Crippen molar-refractivity contribution in [1.29, 1.82) is 0 Å². The van der Waals surface area contributed by atoms with Gasteiger partial charge in [-0.3, -0.25) is 0 Å². The molecule has 3 heterocycles. The van der Waals surface area contributed by atoms with Crippen LogP contribution in [-0.2, 0) is 4.74 Å². The fourth-order valence-corrected chi connectivity index (χ4v) is 3.49.